The zero-order chi connectivity index (χ0) is 25.9. The predicted molar refractivity (Wildman–Crippen MR) is 143 cm³/mol. The highest BCUT2D eigenvalue weighted by molar-refractivity contribution is 7.88. The lowest BCUT2D eigenvalue weighted by Crippen LogP contribution is -2.73. The maximum atomic E-state index is 11.7. The number of pyridine rings is 2. The molecule has 9 nitrogen and oxygen atoms in total. The largest absolute Gasteiger partial charge is 0.370 e. The minimum atomic E-state index is -3.09. The van der Waals surface area contributed by atoms with Crippen molar-refractivity contribution in [2.45, 2.75) is 50.5 Å². The molecule has 5 heterocycles. The zero-order valence-corrected chi connectivity index (χ0v) is 23.2. The van der Waals surface area contributed by atoms with Crippen LogP contribution in [0.5, 0.6) is 0 Å². The number of hydrogen-bond acceptors (Lipinski definition) is 8. The first-order chi connectivity index (χ1) is 17.6. The highest BCUT2D eigenvalue weighted by Gasteiger charge is 2.54. The minimum absolute atomic E-state index is 0.0894. The van der Waals surface area contributed by atoms with Gasteiger partial charge in [-0.25, -0.2) is 28.1 Å². The first kappa shape index (κ1) is 25.7. The van der Waals surface area contributed by atoms with Gasteiger partial charge in [0.25, 0.3) is 0 Å². The summed E-state index contributed by atoms with van der Waals surface area (Å²) >= 11 is 12.7. The van der Waals surface area contributed by atoms with Gasteiger partial charge in [0.05, 0.1) is 29.5 Å². The smallest absolute Gasteiger partial charge is 0.211 e. The lowest BCUT2D eigenvalue weighted by Gasteiger charge is -2.59. The highest BCUT2D eigenvalue weighted by atomic mass is 35.5. The molecule has 5 unspecified atom stereocenters. The van der Waals surface area contributed by atoms with Gasteiger partial charge in [-0.05, 0) is 49.8 Å². The van der Waals surface area contributed by atoms with E-state index in [-0.39, 0.29) is 23.7 Å². The molecule has 0 radical (unpaired) electrons. The van der Waals surface area contributed by atoms with Crippen LogP contribution >= 0.6 is 23.2 Å². The van der Waals surface area contributed by atoms with Crippen LogP contribution in [0.2, 0.25) is 10.2 Å². The molecule has 2 aromatic heterocycles. The number of nitrogens with one attached hydrogen (secondary N) is 2. The molecule has 200 valence electrons. The number of aromatic nitrogens is 2. The Morgan fingerprint density at radius 1 is 1.11 bits per heavy atom. The number of anilines is 1. The van der Waals surface area contributed by atoms with Crippen molar-refractivity contribution in [3.05, 3.63) is 51.9 Å². The van der Waals surface area contributed by atoms with E-state index in [2.05, 4.69) is 32.9 Å². The van der Waals surface area contributed by atoms with Crippen LogP contribution in [0.4, 0.5) is 5.82 Å². The molecule has 5 atom stereocenters. The van der Waals surface area contributed by atoms with Gasteiger partial charge in [-0.1, -0.05) is 29.3 Å². The fourth-order valence-electron chi connectivity index (χ4n) is 6.45. The molecule has 0 bridgehead atoms. The zero-order valence-electron chi connectivity index (χ0n) is 20.9. The van der Waals surface area contributed by atoms with E-state index in [4.69, 9.17) is 32.9 Å². The molecule has 2 aromatic rings. The fourth-order valence-corrected chi connectivity index (χ4v) is 8.12. The van der Waals surface area contributed by atoms with Gasteiger partial charge in [-0.3, -0.25) is 5.43 Å². The first-order valence-corrected chi connectivity index (χ1v) is 15.3. The summed E-state index contributed by atoms with van der Waals surface area (Å²) in [7, 11) is -3.09. The summed E-state index contributed by atoms with van der Waals surface area (Å²) in [5.41, 5.74) is 8.96. The number of nitrogens with zero attached hydrogens (tertiary/aromatic N) is 4. The Labute approximate surface area is 227 Å². The van der Waals surface area contributed by atoms with E-state index in [1.54, 1.807) is 16.6 Å². The molecular formula is C25H32Cl2N6O3S. The van der Waals surface area contributed by atoms with Gasteiger partial charge in [-0.2, -0.15) is 0 Å². The second kappa shape index (κ2) is 9.59. The maximum Gasteiger partial charge on any atom is 0.211 e. The molecule has 2 N–H and O–H groups in total. The summed E-state index contributed by atoms with van der Waals surface area (Å²) < 4.78 is 31.4. The molecule has 0 aromatic carbocycles. The van der Waals surface area contributed by atoms with Gasteiger partial charge in [0.1, 0.15) is 11.0 Å². The Morgan fingerprint density at radius 3 is 2.57 bits per heavy atom. The molecule has 4 fully saturated rings. The van der Waals surface area contributed by atoms with Crippen LogP contribution in [0.25, 0.3) is 0 Å². The van der Waals surface area contributed by atoms with Crippen LogP contribution in [0.1, 0.15) is 49.5 Å². The second-order valence-electron chi connectivity index (χ2n) is 11.1. The average molecular weight is 568 g/mol. The molecule has 12 heteroatoms. The molecular weight excluding hydrogens is 535 g/mol. The summed E-state index contributed by atoms with van der Waals surface area (Å²) in [6.07, 6.45) is 7.62. The third-order valence-corrected chi connectivity index (χ3v) is 10.2. The van der Waals surface area contributed by atoms with Crippen LogP contribution in [0.3, 0.4) is 0 Å². The van der Waals surface area contributed by atoms with Crippen molar-refractivity contribution in [3.8, 4) is 0 Å². The average Bonchev–Trinajstić information content (AvgIpc) is 3.20. The Balaban J connectivity index is 1.07. The fraction of sp³-hybridized carbons (Fsp3) is 0.600. The number of hydrazine groups is 1. The Bertz CT molecular complexity index is 1250. The van der Waals surface area contributed by atoms with Gasteiger partial charge in [-0.15, -0.1) is 0 Å². The summed E-state index contributed by atoms with van der Waals surface area (Å²) in [6.45, 7) is 4.90. The second-order valence-corrected chi connectivity index (χ2v) is 13.8. The van der Waals surface area contributed by atoms with Crippen LogP contribution in [-0.2, 0) is 14.8 Å². The third kappa shape index (κ3) is 4.86. The number of sulfonamides is 1. The van der Waals surface area contributed by atoms with Gasteiger partial charge < -0.3 is 9.64 Å². The number of rotatable bonds is 6. The van der Waals surface area contributed by atoms with E-state index in [1.165, 1.54) is 6.26 Å². The van der Waals surface area contributed by atoms with Crippen molar-refractivity contribution in [1.29, 1.82) is 0 Å². The number of ether oxygens (including phenoxy) is 1. The van der Waals surface area contributed by atoms with E-state index < -0.39 is 10.0 Å². The molecule has 37 heavy (non-hydrogen) atoms. The molecule has 3 saturated heterocycles. The Kier molecular flexibility index (Phi) is 6.67. The van der Waals surface area contributed by atoms with Crippen LogP contribution in [0, 0.1) is 11.3 Å². The monoisotopic (exact) mass is 566 g/mol. The molecule has 1 aliphatic carbocycles. The van der Waals surface area contributed by atoms with Gasteiger partial charge in [0.2, 0.25) is 10.0 Å². The van der Waals surface area contributed by atoms with E-state index in [0.29, 0.717) is 35.2 Å². The summed E-state index contributed by atoms with van der Waals surface area (Å²) in [4.78, 5) is 11.2. The molecule has 0 amide bonds. The van der Waals surface area contributed by atoms with E-state index >= 15 is 0 Å². The maximum absolute atomic E-state index is 11.7. The molecule has 1 saturated carbocycles. The molecule has 6 rings (SSSR count). The van der Waals surface area contributed by atoms with Gasteiger partial charge in [0, 0.05) is 55.6 Å². The minimum Gasteiger partial charge on any atom is -0.370 e. The Morgan fingerprint density at radius 2 is 1.89 bits per heavy atom. The number of fused-ring (bicyclic) bond motifs is 1. The van der Waals surface area contributed by atoms with Crippen LogP contribution < -0.4 is 15.8 Å². The molecule has 4 aliphatic rings. The van der Waals surface area contributed by atoms with Crippen molar-refractivity contribution >= 4 is 39.0 Å². The SMILES string of the molecule is CC(OC1CCC2NNC(c3ccc(N4CC5(C4)CN(S(C)(=O)=O)C5)nc3)C2C1)c1c(Cl)ccnc1Cl. The van der Waals surface area contributed by atoms with Gasteiger partial charge in [0.15, 0.2) is 0 Å². The topological polar surface area (TPSA) is 99.7 Å². The van der Waals surface area contributed by atoms with Crippen molar-refractivity contribution in [1.82, 2.24) is 25.1 Å². The van der Waals surface area contributed by atoms with Crippen LogP contribution in [0.15, 0.2) is 30.6 Å². The van der Waals surface area contributed by atoms with E-state index in [1.807, 2.05) is 13.1 Å². The summed E-state index contributed by atoms with van der Waals surface area (Å²) in [6, 6.07) is 6.51. The van der Waals surface area contributed by atoms with Crippen LogP contribution in [-0.4, -0.2) is 67.3 Å². The van der Waals surface area contributed by atoms with Crippen molar-refractivity contribution < 1.29 is 13.2 Å². The number of hydrogen-bond donors (Lipinski definition) is 2. The highest BCUT2D eigenvalue weighted by Crippen LogP contribution is 2.44. The number of halogens is 2. The summed E-state index contributed by atoms with van der Waals surface area (Å²) in [5.74, 6) is 1.32. The predicted octanol–water partition coefficient (Wildman–Crippen LogP) is 3.33. The summed E-state index contributed by atoms with van der Waals surface area (Å²) in [5, 5.41) is 0.965. The normalized spacial score (nSPS) is 30.0. The van der Waals surface area contributed by atoms with E-state index in [9.17, 15) is 8.42 Å². The quantitative estimate of drug-likeness (QED) is 0.513. The first-order valence-electron chi connectivity index (χ1n) is 12.7. The van der Waals surface area contributed by atoms with Crippen molar-refractivity contribution in [3.63, 3.8) is 0 Å². The van der Waals surface area contributed by atoms with Crippen molar-refractivity contribution in [2.24, 2.45) is 11.3 Å². The molecule has 3 aliphatic heterocycles. The van der Waals surface area contributed by atoms with Crippen molar-refractivity contribution in [2.75, 3.05) is 37.3 Å². The third-order valence-electron chi connectivity index (χ3n) is 8.39. The lowest BCUT2D eigenvalue weighted by molar-refractivity contribution is -0.0371. The lowest BCUT2D eigenvalue weighted by atomic mass is 9.74. The van der Waals surface area contributed by atoms with Gasteiger partial charge >= 0.3 is 0 Å². The Hall–Kier alpha value is -1.53. The molecule has 1 spiro atoms. The van der Waals surface area contributed by atoms with E-state index in [0.717, 1.165) is 49.3 Å². The standard InChI is InChI=1S/C25H32Cl2N6O3S/c1-15(22-19(26)7-8-28-24(22)27)36-17-4-5-20-18(9-17)23(31-30-20)16-3-6-21(29-10-16)32-11-25(12-32)13-33(14-25)37(2,34)35/h3,6-8,10,15,17-18,20,23,30-31H,4-5,9,11-14H2,1-2H3.